The molecule has 0 unspecified atom stereocenters. The molecule has 0 atom stereocenters. The summed E-state index contributed by atoms with van der Waals surface area (Å²) in [6.45, 7) is 1.24. The normalized spacial score (nSPS) is 15.9. The third-order valence-electron chi connectivity index (χ3n) is 5.34. The van der Waals surface area contributed by atoms with Crippen molar-refractivity contribution < 1.29 is 83.4 Å². The fraction of sp³-hybridized carbons (Fsp3) is 0.833. The van der Waals surface area contributed by atoms with Crippen molar-refractivity contribution in [2.75, 3.05) is 0 Å². The molecule has 0 aromatic carbocycles. The predicted octanol–water partition coefficient (Wildman–Crippen LogP) is 9.29. The standard InChI is InChI=1S/C18H15F19N2S3/c1-9(2,3)4-38-6(40)7(41)39(8(38)42)5-10(19,20)11(21,22)12(23,24)13(25,26)14(27,28)15(29,30)16(31,32)17(33,34)18(35,36)37/h40-41H,4-5H2,1-3H3. The molecule has 0 fully saturated rings. The highest BCUT2D eigenvalue weighted by Gasteiger charge is 2.96. The Morgan fingerprint density at radius 2 is 0.738 bits per heavy atom. The van der Waals surface area contributed by atoms with E-state index in [1.165, 1.54) is 20.8 Å². The molecular formula is C18H15F19N2S3. The second-order valence-corrected chi connectivity index (χ2v) is 11.1. The van der Waals surface area contributed by atoms with Gasteiger partial charge in [-0.05, 0) is 17.6 Å². The minimum absolute atomic E-state index is 0.264. The molecule has 0 N–H and O–H groups in total. The van der Waals surface area contributed by atoms with Gasteiger partial charge in [-0.15, -0.1) is 25.3 Å². The molecule has 42 heavy (non-hydrogen) atoms. The molecule has 0 bridgehead atoms. The number of halogens is 19. The molecule has 0 saturated heterocycles. The van der Waals surface area contributed by atoms with Crippen LogP contribution in [0.25, 0.3) is 0 Å². The largest absolute Gasteiger partial charge is 0.460 e. The Labute approximate surface area is 238 Å². The first-order chi connectivity index (χ1) is 17.9. The zero-order valence-corrected chi connectivity index (χ0v) is 22.9. The molecule has 248 valence electrons. The van der Waals surface area contributed by atoms with Crippen LogP contribution in [0.1, 0.15) is 20.8 Å². The number of alkyl halides is 19. The van der Waals surface area contributed by atoms with Crippen LogP contribution in [0.3, 0.4) is 0 Å². The number of rotatable bonds is 10. The van der Waals surface area contributed by atoms with Gasteiger partial charge >= 0.3 is 53.6 Å². The highest BCUT2D eigenvalue weighted by molar-refractivity contribution is 7.83. The first-order valence-corrected chi connectivity index (χ1v) is 11.5. The molecule has 1 aromatic rings. The van der Waals surface area contributed by atoms with E-state index in [2.05, 4.69) is 37.5 Å². The third-order valence-corrected chi connectivity index (χ3v) is 6.87. The fourth-order valence-corrected chi connectivity index (χ4v) is 4.04. The fourth-order valence-electron chi connectivity index (χ4n) is 3.02. The Kier molecular flexibility index (Phi) is 9.64. The van der Waals surface area contributed by atoms with E-state index in [4.69, 9.17) is 0 Å². The molecule has 0 aliphatic carbocycles. The summed E-state index contributed by atoms with van der Waals surface area (Å²) in [7, 11) is 0. The highest BCUT2D eigenvalue weighted by atomic mass is 32.1. The van der Waals surface area contributed by atoms with E-state index >= 15 is 0 Å². The highest BCUT2D eigenvalue weighted by Crippen LogP contribution is 2.65. The van der Waals surface area contributed by atoms with Crippen molar-refractivity contribution in [1.82, 2.24) is 9.13 Å². The van der Waals surface area contributed by atoms with Crippen LogP contribution in [0, 0.1) is 10.2 Å². The van der Waals surface area contributed by atoms with Gasteiger partial charge in [0.25, 0.3) is 0 Å². The zero-order valence-electron chi connectivity index (χ0n) is 20.3. The van der Waals surface area contributed by atoms with Gasteiger partial charge in [0.1, 0.15) is 10.1 Å². The SMILES string of the molecule is CC(C)(C)Cn1c(S)c(S)n(CC(F)(F)C(F)(F)C(F)(F)C(F)(F)C(F)(F)C(F)(F)C(F)(F)C(F)(F)C(F)(F)F)c1=S. The average Bonchev–Trinajstić information content (AvgIpc) is 2.94. The number of aromatic nitrogens is 2. The molecule has 0 aliphatic heterocycles. The van der Waals surface area contributed by atoms with E-state index in [-0.39, 0.29) is 11.1 Å². The van der Waals surface area contributed by atoms with Gasteiger partial charge in [0, 0.05) is 6.54 Å². The van der Waals surface area contributed by atoms with Crippen LogP contribution < -0.4 is 0 Å². The van der Waals surface area contributed by atoms with E-state index < -0.39 is 80.3 Å². The summed E-state index contributed by atoms with van der Waals surface area (Å²) >= 11 is 12.0. The molecule has 0 spiro atoms. The summed E-state index contributed by atoms with van der Waals surface area (Å²) < 4.78 is 257. The number of nitrogens with zero attached hydrogens (tertiary/aromatic N) is 2. The van der Waals surface area contributed by atoms with Crippen molar-refractivity contribution in [2.45, 2.75) is 97.5 Å². The van der Waals surface area contributed by atoms with Crippen LogP contribution in [0.15, 0.2) is 10.1 Å². The summed E-state index contributed by atoms with van der Waals surface area (Å²) in [6, 6.07) is 0. The molecule has 0 saturated carbocycles. The molecule has 0 amide bonds. The van der Waals surface area contributed by atoms with Gasteiger partial charge in [0.15, 0.2) is 4.77 Å². The van der Waals surface area contributed by atoms with Gasteiger partial charge in [0.05, 0.1) is 6.54 Å². The Morgan fingerprint density at radius 1 is 0.476 bits per heavy atom. The molecule has 2 nitrogen and oxygen atoms in total. The van der Waals surface area contributed by atoms with Crippen LogP contribution >= 0.6 is 37.5 Å². The Balaban J connectivity index is 3.77. The lowest BCUT2D eigenvalue weighted by Gasteiger charge is -2.43. The van der Waals surface area contributed by atoms with Crippen LogP contribution in [-0.2, 0) is 13.1 Å². The molecule has 1 aromatic heterocycles. The molecule has 1 heterocycles. The second kappa shape index (κ2) is 10.4. The van der Waals surface area contributed by atoms with Crippen LogP contribution in [0.2, 0.25) is 0 Å². The zero-order chi connectivity index (χ0) is 34.3. The molecular weight excluding hydrogens is 701 g/mol. The van der Waals surface area contributed by atoms with Crippen LogP contribution in [0.4, 0.5) is 83.4 Å². The van der Waals surface area contributed by atoms with Crippen LogP contribution in [0.5, 0.6) is 0 Å². The molecule has 0 radical (unpaired) electrons. The Hall–Kier alpha value is -1.20. The molecule has 0 aliphatic rings. The lowest BCUT2D eigenvalue weighted by Crippen LogP contribution is -2.76. The van der Waals surface area contributed by atoms with E-state index in [1.807, 2.05) is 0 Å². The minimum Gasteiger partial charge on any atom is -0.311 e. The summed E-state index contributed by atoms with van der Waals surface area (Å²) in [5, 5.41) is -1.46. The van der Waals surface area contributed by atoms with Crippen molar-refractivity contribution >= 4 is 37.5 Å². The first-order valence-electron chi connectivity index (χ1n) is 10.2. The van der Waals surface area contributed by atoms with Gasteiger partial charge in [0.2, 0.25) is 0 Å². The molecule has 24 heteroatoms. The summed E-state index contributed by atoms with van der Waals surface area (Å²) in [6.07, 6.45) is -7.93. The van der Waals surface area contributed by atoms with E-state index in [1.54, 1.807) is 0 Å². The topological polar surface area (TPSA) is 9.86 Å². The van der Waals surface area contributed by atoms with E-state index in [9.17, 15) is 83.4 Å². The van der Waals surface area contributed by atoms with Gasteiger partial charge in [-0.2, -0.15) is 83.4 Å². The lowest BCUT2D eigenvalue weighted by atomic mass is 9.87. The third kappa shape index (κ3) is 5.46. The number of hydrogen-bond donors (Lipinski definition) is 2. The van der Waals surface area contributed by atoms with Crippen molar-refractivity contribution in [2.24, 2.45) is 5.41 Å². The van der Waals surface area contributed by atoms with Gasteiger partial charge in [-0.1, -0.05) is 20.8 Å². The predicted molar refractivity (Wildman–Crippen MR) is 113 cm³/mol. The smallest absolute Gasteiger partial charge is 0.311 e. The maximum Gasteiger partial charge on any atom is 0.460 e. The first kappa shape index (κ1) is 38.8. The number of imidazole rings is 1. The van der Waals surface area contributed by atoms with E-state index in [0.717, 1.165) is 4.57 Å². The summed E-state index contributed by atoms with van der Waals surface area (Å²) in [5.74, 6) is -67.1. The monoisotopic (exact) mass is 716 g/mol. The lowest BCUT2D eigenvalue weighted by molar-refractivity contribution is -0.469. The van der Waals surface area contributed by atoms with Crippen molar-refractivity contribution in [3.05, 3.63) is 4.77 Å². The number of thiol groups is 2. The van der Waals surface area contributed by atoms with Crippen LogP contribution in [-0.4, -0.2) is 62.7 Å². The van der Waals surface area contributed by atoms with Crippen molar-refractivity contribution in [3.8, 4) is 0 Å². The van der Waals surface area contributed by atoms with Crippen molar-refractivity contribution in [1.29, 1.82) is 0 Å². The van der Waals surface area contributed by atoms with Gasteiger partial charge in [-0.3, -0.25) is 0 Å². The summed E-state index contributed by atoms with van der Waals surface area (Å²) in [5.41, 5.74) is -0.800. The quantitative estimate of drug-likeness (QED) is 0.140. The summed E-state index contributed by atoms with van der Waals surface area (Å²) in [4.78, 5) is 0. The van der Waals surface area contributed by atoms with E-state index in [0.29, 0.717) is 0 Å². The minimum atomic E-state index is -8.97. The molecule has 1 rings (SSSR count). The van der Waals surface area contributed by atoms with Gasteiger partial charge < -0.3 is 9.13 Å². The average molecular weight is 716 g/mol. The van der Waals surface area contributed by atoms with Gasteiger partial charge in [-0.25, -0.2) is 0 Å². The van der Waals surface area contributed by atoms with Crippen molar-refractivity contribution in [3.63, 3.8) is 0 Å². The maximum atomic E-state index is 14.5. The number of hydrogen-bond acceptors (Lipinski definition) is 3. The maximum absolute atomic E-state index is 14.5. The Morgan fingerprint density at radius 3 is 1.02 bits per heavy atom. The second-order valence-electron chi connectivity index (χ2n) is 9.89. The Bertz CT molecular complexity index is 1220.